The van der Waals surface area contributed by atoms with Crippen LogP contribution in [0.3, 0.4) is 0 Å². The summed E-state index contributed by atoms with van der Waals surface area (Å²) in [5.74, 6) is -2.07. The van der Waals surface area contributed by atoms with Crippen LogP contribution in [0.4, 0.5) is 4.39 Å². The molecule has 0 aliphatic carbocycles. The van der Waals surface area contributed by atoms with Gasteiger partial charge in [0, 0.05) is 5.56 Å². The van der Waals surface area contributed by atoms with Crippen molar-refractivity contribution < 1.29 is 24.1 Å². The van der Waals surface area contributed by atoms with E-state index in [9.17, 15) is 19.4 Å². The van der Waals surface area contributed by atoms with Crippen LogP contribution in [0.25, 0.3) is 6.08 Å². The largest absolute Gasteiger partial charge is 0.504 e. The van der Waals surface area contributed by atoms with Crippen molar-refractivity contribution in [1.29, 1.82) is 0 Å². The lowest BCUT2D eigenvalue weighted by Crippen LogP contribution is -1.98. The molecule has 1 aliphatic rings. The molecule has 2 aromatic rings. The molecule has 0 spiro atoms. The molecule has 20 heavy (non-hydrogen) atoms. The van der Waals surface area contributed by atoms with E-state index >= 15 is 0 Å². The number of fused-ring (bicyclic) bond motifs is 1. The lowest BCUT2D eigenvalue weighted by molar-refractivity contribution is 0.101. The summed E-state index contributed by atoms with van der Waals surface area (Å²) in [4.78, 5) is 12.1. The molecular formula is C15H9FO4. The minimum atomic E-state index is -0.507. The molecule has 3 rings (SSSR count). The third-order valence-corrected chi connectivity index (χ3v) is 2.98. The summed E-state index contributed by atoms with van der Waals surface area (Å²) in [6.45, 7) is 0. The molecule has 0 bridgehead atoms. The molecular weight excluding hydrogens is 263 g/mol. The SMILES string of the molecule is O=C1C(=Cc2ccccc2F)Oc2c1ccc(O)c2O. The minimum absolute atomic E-state index is 0.106. The number of ether oxygens (including phenoxy) is 1. The Labute approximate surface area is 113 Å². The summed E-state index contributed by atoms with van der Waals surface area (Å²) < 4.78 is 18.8. The van der Waals surface area contributed by atoms with Gasteiger partial charge in [-0.15, -0.1) is 0 Å². The Bertz CT molecular complexity index is 750. The molecule has 0 atom stereocenters. The van der Waals surface area contributed by atoms with E-state index in [1.165, 1.54) is 36.4 Å². The number of allylic oxidation sites excluding steroid dienone is 1. The van der Waals surface area contributed by atoms with E-state index in [1.54, 1.807) is 6.07 Å². The molecule has 0 radical (unpaired) electrons. The van der Waals surface area contributed by atoms with Crippen LogP contribution in [0, 0.1) is 5.82 Å². The smallest absolute Gasteiger partial charge is 0.232 e. The average molecular weight is 272 g/mol. The molecule has 0 fully saturated rings. The fraction of sp³-hybridized carbons (Fsp3) is 0. The van der Waals surface area contributed by atoms with Crippen LogP contribution in [0.15, 0.2) is 42.2 Å². The number of rotatable bonds is 1. The van der Waals surface area contributed by atoms with Crippen molar-refractivity contribution in [2.24, 2.45) is 0 Å². The fourth-order valence-corrected chi connectivity index (χ4v) is 1.96. The third-order valence-electron chi connectivity index (χ3n) is 2.98. The number of carbonyl (C=O) groups is 1. The number of hydrogen-bond donors (Lipinski definition) is 2. The molecule has 4 nitrogen and oxygen atoms in total. The monoisotopic (exact) mass is 272 g/mol. The van der Waals surface area contributed by atoms with Crippen molar-refractivity contribution in [3.63, 3.8) is 0 Å². The van der Waals surface area contributed by atoms with Crippen LogP contribution >= 0.6 is 0 Å². The van der Waals surface area contributed by atoms with Crippen LogP contribution in [-0.4, -0.2) is 16.0 Å². The van der Waals surface area contributed by atoms with Gasteiger partial charge in [-0.2, -0.15) is 0 Å². The van der Waals surface area contributed by atoms with E-state index in [0.29, 0.717) is 0 Å². The number of ketones is 1. The van der Waals surface area contributed by atoms with Gasteiger partial charge in [-0.25, -0.2) is 4.39 Å². The normalized spacial score (nSPS) is 15.2. The standard InChI is InChI=1S/C15H9FO4/c16-10-4-2-1-3-8(10)7-12-13(18)9-5-6-11(17)14(19)15(9)20-12/h1-7,17,19H. The number of aromatic hydroxyl groups is 2. The summed E-state index contributed by atoms with van der Waals surface area (Å²) >= 11 is 0. The van der Waals surface area contributed by atoms with Crippen molar-refractivity contribution in [1.82, 2.24) is 0 Å². The van der Waals surface area contributed by atoms with E-state index in [1.807, 2.05) is 0 Å². The van der Waals surface area contributed by atoms with Gasteiger partial charge in [0.05, 0.1) is 5.56 Å². The predicted molar refractivity (Wildman–Crippen MR) is 69.1 cm³/mol. The van der Waals surface area contributed by atoms with Gasteiger partial charge in [-0.1, -0.05) is 18.2 Å². The molecule has 0 unspecified atom stereocenters. The van der Waals surface area contributed by atoms with Gasteiger partial charge in [0.1, 0.15) is 5.82 Å². The quantitative estimate of drug-likeness (QED) is 0.618. The van der Waals surface area contributed by atoms with Crippen molar-refractivity contribution >= 4 is 11.9 Å². The van der Waals surface area contributed by atoms with Gasteiger partial charge in [-0.3, -0.25) is 4.79 Å². The summed E-state index contributed by atoms with van der Waals surface area (Å²) in [5, 5.41) is 19.0. The van der Waals surface area contributed by atoms with Gasteiger partial charge >= 0.3 is 0 Å². The molecule has 100 valence electrons. The zero-order valence-electron chi connectivity index (χ0n) is 10.1. The highest BCUT2D eigenvalue weighted by Gasteiger charge is 2.31. The van der Waals surface area contributed by atoms with Crippen molar-refractivity contribution in [2.75, 3.05) is 0 Å². The lowest BCUT2D eigenvalue weighted by Gasteiger charge is -2.02. The van der Waals surface area contributed by atoms with Crippen LogP contribution in [0.5, 0.6) is 17.2 Å². The first-order chi connectivity index (χ1) is 9.58. The Morgan fingerprint density at radius 3 is 2.60 bits per heavy atom. The zero-order chi connectivity index (χ0) is 14.3. The van der Waals surface area contributed by atoms with E-state index in [2.05, 4.69) is 0 Å². The second kappa shape index (κ2) is 4.38. The molecule has 0 amide bonds. The average Bonchev–Trinajstić information content (AvgIpc) is 2.75. The Kier molecular flexibility index (Phi) is 2.68. The number of benzene rings is 2. The highest BCUT2D eigenvalue weighted by Crippen LogP contribution is 2.44. The lowest BCUT2D eigenvalue weighted by atomic mass is 10.1. The Balaban J connectivity index is 2.07. The van der Waals surface area contributed by atoms with E-state index in [0.717, 1.165) is 0 Å². The summed E-state index contributed by atoms with van der Waals surface area (Å²) in [7, 11) is 0. The second-order valence-electron chi connectivity index (χ2n) is 4.27. The maximum Gasteiger partial charge on any atom is 0.232 e. The molecule has 0 saturated heterocycles. The van der Waals surface area contributed by atoms with Crippen molar-refractivity contribution in [2.45, 2.75) is 0 Å². The van der Waals surface area contributed by atoms with Crippen LogP contribution < -0.4 is 4.74 Å². The number of phenols is 2. The highest BCUT2D eigenvalue weighted by atomic mass is 19.1. The van der Waals surface area contributed by atoms with E-state index in [-0.39, 0.29) is 28.4 Å². The number of carbonyl (C=O) groups excluding carboxylic acids is 1. The molecule has 2 N–H and O–H groups in total. The number of Topliss-reactive ketones (excluding diaryl/α,β-unsaturated/α-hetero) is 1. The molecule has 1 heterocycles. The molecule has 1 aliphatic heterocycles. The number of phenolic OH excluding ortho intramolecular Hbond substituents is 2. The molecule has 0 aromatic heterocycles. The third kappa shape index (κ3) is 1.80. The van der Waals surface area contributed by atoms with Gasteiger partial charge in [0.15, 0.2) is 17.3 Å². The van der Waals surface area contributed by atoms with Gasteiger partial charge in [-0.05, 0) is 24.3 Å². The summed E-state index contributed by atoms with van der Waals surface area (Å²) in [6.07, 6.45) is 1.26. The maximum absolute atomic E-state index is 13.5. The first-order valence-electron chi connectivity index (χ1n) is 5.81. The summed E-state index contributed by atoms with van der Waals surface area (Å²) in [6, 6.07) is 8.47. The highest BCUT2D eigenvalue weighted by molar-refractivity contribution is 6.15. The Morgan fingerprint density at radius 2 is 1.85 bits per heavy atom. The maximum atomic E-state index is 13.5. The second-order valence-corrected chi connectivity index (χ2v) is 4.27. The van der Waals surface area contributed by atoms with E-state index < -0.39 is 17.3 Å². The van der Waals surface area contributed by atoms with E-state index in [4.69, 9.17) is 4.74 Å². The van der Waals surface area contributed by atoms with Crippen molar-refractivity contribution in [3.05, 3.63) is 59.1 Å². The van der Waals surface area contributed by atoms with Gasteiger partial charge in [0.2, 0.25) is 11.5 Å². The molecule has 2 aromatic carbocycles. The number of hydrogen-bond acceptors (Lipinski definition) is 4. The number of halogens is 1. The van der Waals surface area contributed by atoms with Gasteiger partial charge < -0.3 is 14.9 Å². The zero-order valence-corrected chi connectivity index (χ0v) is 10.1. The van der Waals surface area contributed by atoms with Crippen molar-refractivity contribution in [3.8, 4) is 17.2 Å². The van der Waals surface area contributed by atoms with Crippen LogP contribution in [0.2, 0.25) is 0 Å². The summed E-state index contributed by atoms with van der Waals surface area (Å²) in [5.41, 5.74) is 0.329. The first-order valence-corrected chi connectivity index (χ1v) is 5.81. The minimum Gasteiger partial charge on any atom is -0.504 e. The Morgan fingerprint density at radius 1 is 1.10 bits per heavy atom. The molecule has 5 heteroatoms. The molecule has 0 saturated carbocycles. The van der Waals surface area contributed by atoms with Crippen LogP contribution in [0.1, 0.15) is 15.9 Å². The first kappa shape index (κ1) is 12.2. The topological polar surface area (TPSA) is 66.8 Å². The fourth-order valence-electron chi connectivity index (χ4n) is 1.96. The Hall–Kier alpha value is -2.82. The van der Waals surface area contributed by atoms with Gasteiger partial charge in [0.25, 0.3) is 0 Å². The predicted octanol–water partition coefficient (Wildman–Crippen LogP) is 2.85. The van der Waals surface area contributed by atoms with Crippen LogP contribution in [-0.2, 0) is 0 Å².